The maximum atomic E-state index is 13.6. The van der Waals surface area contributed by atoms with Crippen molar-refractivity contribution in [1.82, 2.24) is 4.90 Å². The first kappa shape index (κ1) is 27.2. The van der Waals surface area contributed by atoms with Crippen LogP contribution in [-0.2, 0) is 19.6 Å². The van der Waals surface area contributed by atoms with Gasteiger partial charge in [0.1, 0.15) is 29.8 Å². The maximum Gasteiger partial charge on any atom is 0.262 e. The zero-order chi connectivity index (χ0) is 28.2. The van der Waals surface area contributed by atoms with Crippen molar-refractivity contribution >= 4 is 23.6 Å². The molecule has 208 valence electrons. The van der Waals surface area contributed by atoms with Crippen LogP contribution in [0.2, 0.25) is 0 Å². The summed E-state index contributed by atoms with van der Waals surface area (Å²) in [6.45, 7) is 8.68. The number of ether oxygens (including phenoxy) is 3. The van der Waals surface area contributed by atoms with Crippen LogP contribution in [0.1, 0.15) is 64.5 Å². The number of rotatable bonds is 4. The van der Waals surface area contributed by atoms with Gasteiger partial charge < -0.3 is 19.3 Å². The number of benzene rings is 3. The van der Waals surface area contributed by atoms with Gasteiger partial charge in [-0.15, -0.1) is 0 Å². The average molecular weight is 560 g/mol. The molecule has 2 fully saturated rings. The van der Waals surface area contributed by atoms with Gasteiger partial charge in [-0.05, 0) is 41.7 Å². The van der Waals surface area contributed by atoms with Gasteiger partial charge >= 0.3 is 0 Å². The highest BCUT2D eigenvalue weighted by Gasteiger charge is 2.55. The first-order valence-corrected chi connectivity index (χ1v) is 14.4. The van der Waals surface area contributed by atoms with Crippen molar-refractivity contribution in [3.63, 3.8) is 0 Å². The van der Waals surface area contributed by atoms with Gasteiger partial charge in [0.15, 0.2) is 6.29 Å². The van der Waals surface area contributed by atoms with Crippen molar-refractivity contribution in [3.05, 3.63) is 101 Å². The third-order valence-corrected chi connectivity index (χ3v) is 9.14. The number of carbonyl (C=O) groups is 2. The number of thioether (sulfide) groups is 1. The Morgan fingerprint density at radius 3 is 2.20 bits per heavy atom. The molecule has 3 aliphatic heterocycles. The number of aliphatic hydroxyl groups excluding tert-OH is 1. The van der Waals surface area contributed by atoms with E-state index in [9.17, 15) is 14.7 Å². The Morgan fingerprint density at radius 1 is 0.900 bits per heavy atom. The lowest BCUT2D eigenvalue weighted by molar-refractivity contribution is -0.310. The van der Waals surface area contributed by atoms with Crippen molar-refractivity contribution in [1.29, 1.82) is 0 Å². The molecule has 0 aliphatic carbocycles. The summed E-state index contributed by atoms with van der Waals surface area (Å²) in [6.07, 6.45) is -3.27. The summed E-state index contributed by atoms with van der Waals surface area (Å²) in [5.41, 5.74) is 2.85. The Kier molecular flexibility index (Phi) is 7.09. The summed E-state index contributed by atoms with van der Waals surface area (Å²) < 4.78 is 18.8. The van der Waals surface area contributed by atoms with Crippen molar-refractivity contribution in [2.45, 2.75) is 74.1 Å². The van der Waals surface area contributed by atoms with Crippen molar-refractivity contribution < 1.29 is 28.9 Å². The fraction of sp³-hybridized carbons (Fsp3) is 0.375. The van der Waals surface area contributed by atoms with E-state index < -0.39 is 47.9 Å². The number of nitrogens with zero attached hydrogens (tertiary/aromatic N) is 1. The molecule has 0 aromatic heterocycles. The monoisotopic (exact) mass is 559 g/mol. The number of amides is 2. The molecule has 2 saturated heterocycles. The summed E-state index contributed by atoms with van der Waals surface area (Å²) in [6, 6.07) is 21.6. The van der Waals surface area contributed by atoms with E-state index in [0.29, 0.717) is 11.1 Å². The molecule has 6 atom stereocenters. The van der Waals surface area contributed by atoms with Crippen LogP contribution in [0.25, 0.3) is 0 Å². The predicted octanol–water partition coefficient (Wildman–Crippen LogP) is 5.25. The van der Waals surface area contributed by atoms with Crippen molar-refractivity contribution in [2.24, 2.45) is 0 Å². The van der Waals surface area contributed by atoms with Gasteiger partial charge in [0.2, 0.25) is 0 Å². The molecule has 0 bridgehead atoms. The predicted molar refractivity (Wildman–Crippen MR) is 151 cm³/mol. The molecule has 8 heteroatoms. The van der Waals surface area contributed by atoms with Crippen LogP contribution >= 0.6 is 11.8 Å². The van der Waals surface area contributed by atoms with E-state index in [1.807, 2.05) is 37.3 Å². The van der Waals surface area contributed by atoms with Crippen LogP contribution in [0.5, 0.6) is 0 Å². The number of carbonyl (C=O) groups excluding carboxylic acids is 2. The molecule has 1 N–H and O–H groups in total. The highest BCUT2D eigenvalue weighted by Crippen LogP contribution is 2.43. The molecule has 0 radical (unpaired) electrons. The molecule has 3 aromatic carbocycles. The number of hydrogen-bond acceptors (Lipinski definition) is 7. The lowest BCUT2D eigenvalue weighted by atomic mass is 9.87. The summed E-state index contributed by atoms with van der Waals surface area (Å²) in [5, 5.41) is 11.9. The lowest BCUT2D eigenvalue weighted by Gasteiger charge is -2.49. The van der Waals surface area contributed by atoms with Gasteiger partial charge in [0, 0.05) is 10.5 Å². The zero-order valence-electron chi connectivity index (χ0n) is 22.9. The number of hydrogen-bond donors (Lipinski definition) is 1. The van der Waals surface area contributed by atoms with Crippen LogP contribution in [0.15, 0.2) is 77.7 Å². The van der Waals surface area contributed by atoms with Crippen LogP contribution in [0, 0.1) is 6.92 Å². The largest absolute Gasteiger partial charge is 0.388 e. The van der Waals surface area contributed by atoms with Gasteiger partial charge in [-0.1, -0.05) is 87.1 Å². The molecule has 0 spiro atoms. The molecule has 7 nitrogen and oxygen atoms in total. The molecular formula is C32H33NO6S. The first-order chi connectivity index (χ1) is 19.1. The molecule has 3 aromatic rings. The Labute approximate surface area is 238 Å². The van der Waals surface area contributed by atoms with E-state index in [1.54, 1.807) is 24.3 Å². The fourth-order valence-corrected chi connectivity index (χ4v) is 6.85. The second-order valence-corrected chi connectivity index (χ2v) is 12.7. The lowest BCUT2D eigenvalue weighted by Crippen LogP contribution is -2.66. The van der Waals surface area contributed by atoms with Gasteiger partial charge in [0.05, 0.1) is 17.7 Å². The normalized spacial score (nSPS) is 28.4. The van der Waals surface area contributed by atoms with E-state index in [4.69, 9.17) is 14.2 Å². The summed E-state index contributed by atoms with van der Waals surface area (Å²) in [4.78, 5) is 29.4. The van der Waals surface area contributed by atoms with Crippen LogP contribution in [0.3, 0.4) is 0 Å². The smallest absolute Gasteiger partial charge is 0.262 e. The van der Waals surface area contributed by atoms with E-state index in [2.05, 4.69) is 39.0 Å². The molecule has 1 unspecified atom stereocenters. The van der Waals surface area contributed by atoms with Gasteiger partial charge in [-0.25, -0.2) is 0 Å². The van der Waals surface area contributed by atoms with Crippen molar-refractivity contribution in [2.75, 3.05) is 6.61 Å². The molecule has 2 amide bonds. The van der Waals surface area contributed by atoms with E-state index in [0.717, 1.165) is 21.6 Å². The minimum absolute atomic E-state index is 0.0690. The fourth-order valence-electron chi connectivity index (χ4n) is 5.53. The Bertz CT molecular complexity index is 1400. The molecular weight excluding hydrogens is 526 g/mol. The number of fused-ring (bicyclic) bond motifs is 2. The zero-order valence-corrected chi connectivity index (χ0v) is 23.8. The topological polar surface area (TPSA) is 85.3 Å². The highest BCUT2D eigenvalue weighted by molar-refractivity contribution is 7.99. The van der Waals surface area contributed by atoms with Gasteiger partial charge in [-0.2, -0.15) is 0 Å². The summed E-state index contributed by atoms with van der Waals surface area (Å²) in [7, 11) is 0. The average Bonchev–Trinajstić information content (AvgIpc) is 3.19. The Balaban J connectivity index is 1.37. The molecule has 0 saturated carbocycles. The number of imide groups is 1. The maximum absolute atomic E-state index is 13.6. The van der Waals surface area contributed by atoms with E-state index in [1.165, 1.54) is 16.7 Å². The van der Waals surface area contributed by atoms with Crippen LogP contribution in [0.4, 0.5) is 0 Å². The first-order valence-electron chi connectivity index (χ1n) is 13.5. The number of aliphatic hydroxyl groups is 1. The quantitative estimate of drug-likeness (QED) is 0.437. The molecule has 6 rings (SSSR count). The summed E-state index contributed by atoms with van der Waals surface area (Å²) >= 11 is 1.42. The second-order valence-electron chi connectivity index (χ2n) is 11.6. The third kappa shape index (κ3) is 4.78. The second kappa shape index (κ2) is 10.4. The minimum atomic E-state index is -1.19. The van der Waals surface area contributed by atoms with Gasteiger partial charge in [-0.3, -0.25) is 14.5 Å². The Hall–Kier alpha value is -3.01. The molecule has 3 heterocycles. The van der Waals surface area contributed by atoms with E-state index >= 15 is 0 Å². The number of aryl methyl sites for hydroxylation is 1. The molecule has 40 heavy (non-hydrogen) atoms. The minimum Gasteiger partial charge on any atom is -0.388 e. The van der Waals surface area contributed by atoms with Gasteiger partial charge in [0.25, 0.3) is 11.8 Å². The summed E-state index contributed by atoms with van der Waals surface area (Å²) in [5.74, 6) is -0.881. The SMILES string of the molecule is Cc1ccc(C(C)(C)C)cc1S[C@@H]1O[C@@H]2COC(c3ccccc3)O[C@H]2[C@H](O)[C@H]1N1C(=O)c2ccccc2C1=O. The van der Waals surface area contributed by atoms with E-state index in [-0.39, 0.29) is 12.0 Å². The van der Waals surface area contributed by atoms with Crippen LogP contribution < -0.4 is 0 Å². The Morgan fingerprint density at radius 2 is 1.55 bits per heavy atom. The molecule has 3 aliphatic rings. The highest BCUT2D eigenvalue weighted by atomic mass is 32.2. The van der Waals surface area contributed by atoms with Crippen LogP contribution in [-0.4, -0.2) is 58.2 Å². The standard InChI is InChI=1S/C32H33NO6S/c1-18-14-15-20(32(2,3)4)16-24(18)40-31-25(33-28(35)21-12-8-9-13-22(21)29(33)36)26(34)27-23(38-31)17-37-30(39-27)19-10-6-5-7-11-19/h5-16,23,25-27,30-31,34H,17H2,1-4H3/t23-,25-,26-,27-,30?,31+/m1/s1. The third-order valence-electron chi connectivity index (χ3n) is 7.83. The van der Waals surface area contributed by atoms with Crippen molar-refractivity contribution in [3.8, 4) is 0 Å².